The molecule has 10 heteroatoms. The summed E-state index contributed by atoms with van der Waals surface area (Å²) in [6, 6.07) is 5.25. The minimum Gasteiger partial charge on any atom is -0.497 e. The Morgan fingerprint density at radius 2 is 2.09 bits per heavy atom. The normalized spacial score (nSPS) is 16.6. The summed E-state index contributed by atoms with van der Waals surface area (Å²) >= 11 is 1.48. The molecule has 35 heavy (non-hydrogen) atoms. The summed E-state index contributed by atoms with van der Waals surface area (Å²) in [7, 11) is 3.12. The highest BCUT2D eigenvalue weighted by atomic mass is 32.1. The summed E-state index contributed by atoms with van der Waals surface area (Å²) in [5, 5.41) is 7.12. The van der Waals surface area contributed by atoms with E-state index in [1.54, 1.807) is 44.2 Å². The molecule has 1 aromatic heterocycles. The molecule has 2 N–H and O–H groups in total. The topological polar surface area (TPSA) is 98.4 Å². The van der Waals surface area contributed by atoms with Gasteiger partial charge in [-0.3, -0.25) is 4.79 Å². The van der Waals surface area contributed by atoms with Gasteiger partial charge in [-0.1, -0.05) is 0 Å². The van der Waals surface area contributed by atoms with Crippen LogP contribution < -0.4 is 20.1 Å². The van der Waals surface area contributed by atoms with Crippen LogP contribution in [0.4, 0.5) is 15.5 Å². The van der Waals surface area contributed by atoms with Crippen LogP contribution in [0.5, 0.6) is 11.5 Å². The summed E-state index contributed by atoms with van der Waals surface area (Å²) in [5.74, 6) is 1.75. The van der Waals surface area contributed by atoms with E-state index in [-0.39, 0.29) is 18.1 Å². The predicted molar refractivity (Wildman–Crippen MR) is 135 cm³/mol. The van der Waals surface area contributed by atoms with Crippen molar-refractivity contribution in [3.63, 3.8) is 0 Å². The molecule has 0 saturated heterocycles. The Kier molecular flexibility index (Phi) is 7.70. The van der Waals surface area contributed by atoms with Gasteiger partial charge < -0.3 is 34.5 Å². The van der Waals surface area contributed by atoms with Crippen LogP contribution >= 0.6 is 11.3 Å². The van der Waals surface area contributed by atoms with E-state index in [1.165, 1.54) is 11.3 Å². The smallest absolute Gasteiger partial charge is 0.410 e. The number of methoxy groups -OCH3 is 2. The van der Waals surface area contributed by atoms with E-state index < -0.39 is 0 Å². The van der Waals surface area contributed by atoms with Crippen molar-refractivity contribution < 1.29 is 28.5 Å². The monoisotopic (exact) mass is 501 g/mol. The molecule has 0 bridgehead atoms. The van der Waals surface area contributed by atoms with Crippen molar-refractivity contribution in [2.24, 2.45) is 0 Å². The van der Waals surface area contributed by atoms with Crippen molar-refractivity contribution in [3.8, 4) is 11.5 Å². The highest BCUT2D eigenvalue weighted by molar-refractivity contribution is 7.16. The van der Waals surface area contributed by atoms with E-state index in [0.29, 0.717) is 55.4 Å². The number of carbonyl (C=O) groups is 2. The third kappa shape index (κ3) is 5.48. The Labute approximate surface area is 209 Å². The minimum atomic E-state index is -0.341. The quantitative estimate of drug-likeness (QED) is 0.544. The van der Waals surface area contributed by atoms with Crippen molar-refractivity contribution in [1.29, 1.82) is 0 Å². The Bertz CT molecular complexity index is 1130. The van der Waals surface area contributed by atoms with E-state index >= 15 is 0 Å². The lowest BCUT2D eigenvalue weighted by atomic mass is 10.0. The van der Waals surface area contributed by atoms with Gasteiger partial charge in [-0.25, -0.2) is 4.79 Å². The van der Waals surface area contributed by atoms with Crippen LogP contribution in [0.2, 0.25) is 0 Å². The molecule has 2 aromatic rings. The molecular weight excluding hydrogens is 470 g/mol. The lowest BCUT2D eigenvalue weighted by Gasteiger charge is -2.26. The van der Waals surface area contributed by atoms with Crippen LogP contribution in [0.25, 0.3) is 0 Å². The number of nitrogens with one attached hydrogen (secondary N) is 2. The highest BCUT2D eigenvalue weighted by Gasteiger charge is 2.31. The first-order valence-electron chi connectivity index (χ1n) is 11.6. The second kappa shape index (κ2) is 10.9. The number of anilines is 2. The largest absolute Gasteiger partial charge is 0.497 e. The maximum Gasteiger partial charge on any atom is 0.410 e. The number of hydrogen-bond donors (Lipinski definition) is 2. The third-order valence-corrected chi connectivity index (χ3v) is 7.09. The lowest BCUT2D eigenvalue weighted by molar-refractivity contribution is 0.102. The van der Waals surface area contributed by atoms with Crippen LogP contribution in [0, 0.1) is 0 Å². The van der Waals surface area contributed by atoms with Crippen LogP contribution in [0.3, 0.4) is 0 Å². The molecular formula is C25H31N3O6S. The second-order valence-corrected chi connectivity index (χ2v) is 9.39. The Balaban J connectivity index is 1.62. The third-order valence-electron chi connectivity index (χ3n) is 5.92. The van der Waals surface area contributed by atoms with Crippen molar-refractivity contribution in [2.75, 3.05) is 44.5 Å². The molecule has 0 radical (unpaired) electrons. The van der Waals surface area contributed by atoms with E-state index in [0.717, 1.165) is 27.6 Å². The van der Waals surface area contributed by atoms with Gasteiger partial charge in [0.25, 0.3) is 5.91 Å². The van der Waals surface area contributed by atoms with Gasteiger partial charge in [-0.15, -0.1) is 11.3 Å². The van der Waals surface area contributed by atoms with E-state index in [9.17, 15) is 9.59 Å². The molecule has 1 aromatic carbocycles. The molecule has 9 nitrogen and oxygen atoms in total. The van der Waals surface area contributed by atoms with Crippen LogP contribution in [-0.2, 0) is 22.4 Å². The van der Waals surface area contributed by atoms with E-state index in [1.807, 2.05) is 6.92 Å². The number of fused-ring (bicyclic) bond motifs is 1. The molecule has 2 amide bonds. The summed E-state index contributed by atoms with van der Waals surface area (Å²) < 4.78 is 21.7. The van der Waals surface area contributed by atoms with E-state index in [4.69, 9.17) is 18.9 Å². The number of hydrogen-bond acceptors (Lipinski definition) is 8. The number of nitrogens with zero attached hydrogens (tertiary/aromatic N) is 1. The fourth-order valence-electron chi connectivity index (χ4n) is 4.17. The first kappa shape index (κ1) is 24.7. The Hall–Kier alpha value is -3.40. The fraction of sp³-hybridized carbons (Fsp3) is 0.440. The number of amides is 2. The molecule has 0 aliphatic carbocycles. The first-order valence-corrected chi connectivity index (χ1v) is 12.4. The van der Waals surface area contributed by atoms with Crippen molar-refractivity contribution in [1.82, 2.24) is 4.90 Å². The molecule has 1 unspecified atom stereocenters. The van der Waals surface area contributed by atoms with Gasteiger partial charge in [0.05, 0.1) is 51.3 Å². The molecule has 188 valence electrons. The molecule has 2 aliphatic rings. The first-order chi connectivity index (χ1) is 16.9. The Morgan fingerprint density at radius 3 is 2.77 bits per heavy atom. The predicted octanol–water partition coefficient (Wildman–Crippen LogP) is 4.64. The highest BCUT2D eigenvalue weighted by Crippen LogP contribution is 2.39. The maximum atomic E-state index is 13.6. The molecule has 4 rings (SSSR count). The van der Waals surface area contributed by atoms with Gasteiger partial charge in [0, 0.05) is 23.9 Å². The number of thiophene rings is 1. The average Bonchev–Trinajstić information content (AvgIpc) is 3.44. The van der Waals surface area contributed by atoms with Gasteiger partial charge in [0.1, 0.15) is 22.3 Å². The Morgan fingerprint density at radius 1 is 1.26 bits per heavy atom. The summed E-state index contributed by atoms with van der Waals surface area (Å²) in [6.45, 7) is 5.50. The zero-order chi connectivity index (χ0) is 24.9. The van der Waals surface area contributed by atoms with Crippen molar-refractivity contribution in [3.05, 3.63) is 46.0 Å². The molecule has 0 saturated carbocycles. The van der Waals surface area contributed by atoms with Gasteiger partial charge in [0.15, 0.2) is 0 Å². The van der Waals surface area contributed by atoms with Gasteiger partial charge in [-0.2, -0.15) is 0 Å². The van der Waals surface area contributed by atoms with Gasteiger partial charge >= 0.3 is 6.09 Å². The van der Waals surface area contributed by atoms with Crippen molar-refractivity contribution in [2.45, 2.75) is 39.3 Å². The minimum absolute atomic E-state index is 0.157. The zero-order valence-corrected chi connectivity index (χ0v) is 21.3. The zero-order valence-electron chi connectivity index (χ0n) is 20.4. The molecule has 0 fully saturated rings. The number of benzene rings is 1. The summed E-state index contributed by atoms with van der Waals surface area (Å²) in [4.78, 5) is 28.5. The molecule has 1 atom stereocenters. The van der Waals surface area contributed by atoms with Crippen LogP contribution in [0.15, 0.2) is 30.0 Å². The second-order valence-electron chi connectivity index (χ2n) is 8.29. The molecule has 0 spiro atoms. The van der Waals surface area contributed by atoms with Gasteiger partial charge in [0.2, 0.25) is 0 Å². The maximum absolute atomic E-state index is 13.6. The van der Waals surface area contributed by atoms with Crippen LogP contribution in [-0.4, -0.2) is 56.9 Å². The fourth-order valence-corrected chi connectivity index (χ4v) is 5.43. The van der Waals surface area contributed by atoms with E-state index in [2.05, 4.69) is 16.7 Å². The lowest BCUT2D eigenvalue weighted by Crippen LogP contribution is -2.36. The SMILES string of the molecule is CCOC(=O)N1CCc2c(sc(NCC3=CCC(C)O3)c2C(=O)Nc2cc(OC)ccc2OC)C1. The standard InChI is InChI=1S/C25H31N3O6S/c1-5-33-25(30)28-11-10-18-21(14-28)35-24(26-13-17-7-6-15(2)34-17)22(18)23(29)27-19-12-16(31-3)8-9-20(19)32-4/h7-9,12,15,26H,5-6,10-11,13-14H2,1-4H3,(H,27,29). The summed E-state index contributed by atoms with van der Waals surface area (Å²) in [5.41, 5.74) is 2.03. The van der Waals surface area contributed by atoms with Gasteiger partial charge in [-0.05, 0) is 44.0 Å². The number of carbonyl (C=O) groups excluding carboxylic acids is 2. The number of ether oxygens (including phenoxy) is 4. The molecule has 2 aliphatic heterocycles. The molecule has 3 heterocycles. The number of rotatable bonds is 8. The average molecular weight is 502 g/mol. The van der Waals surface area contributed by atoms with Crippen LogP contribution in [0.1, 0.15) is 41.1 Å². The van der Waals surface area contributed by atoms with Crippen molar-refractivity contribution >= 4 is 34.0 Å². The summed E-state index contributed by atoms with van der Waals surface area (Å²) in [6.07, 6.45) is 3.31.